The summed E-state index contributed by atoms with van der Waals surface area (Å²) in [5.41, 5.74) is 4.20. The van der Waals surface area contributed by atoms with Crippen LogP contribution in [0.4, 0.5) is 0 Å². The predicted molar refractivity (Wildman–Crippen MR) is 193 cm³/mol. The fourth-order valence-electron chi connectivity index (χ4n) is 5.60. The minimum atomic E-state index is -4.25. The number of carbonyl (C=O) groups excluding carboxylic acids is 2. The van der Waals surface area contributed by atoms with Crippen molar-refractivity contribution >= 4 is 72.6 Å². The zero-order valence-corrected chi connectivity index (χ0v) is 28.6. The molecule has 0 radical (unpaired) electrons. The molecular formula is C38H31ClN2O5S2. The van der Waals surface area contributed by atoms with Crippen molar-refractivity contribution in [2.45, 2.75) is 36.6 Å². The molecule has 6 aromatic rings. The summed E-state index contributed by atoms with van der Waals surface area (Å²) in [6.07, 6.45) is 0.139. The minimum absolute atomic E-state index is 0.0371. The molecule has 0 amide bonds. The van der Waals surface area contributed by atoms with Gasteiger partial charge in [-0.1, -0.05) is 59.2 Å². The quantitative estimate of drug-likeness (QED) is 0.0549. The van der Waals surface area contributed by atoms with E-state index in [1.54, 1.807) is 42.5 Å². The van der Waals surface area contributed by atoms with Crippen molar-refractivity contribution in [3.05, 3.63) is 143 Å². The van der Waals surface area contributed by atoms with E-state index in [0.717, 1.165) is 32.3 Å². The maximum Gasteiger partial charge on any atom is 0.358 e. The number of oxime groups is 1. The van der Waals surface area contributed by atoms with E-state index in [1.807, 2.05) is 74.5 Å². The average molecular weight is 695 g/mol. The summed E-state index contributed by atoms with van der Waals surface area (Å²) >= 11 is 7.50. The first kappa shape index (κ1) is 33.2. The van der Waals surface area contributed by atoms with E-state index in [4.69, 9.17) is 15.9 Å². The van der Waals surface area contributed by atoms with Crippen LogP contribution in [0.2, 0.25) is 5.02 Å². The van der Waals surface area contributed by atoms with Crippen molar-refractivity contribution in [1.29, 1.82) is 0 Å². The van der Waals surface area contributed by atoms with Crippen molar-refractivity contribution < 1.29 is 22.3 Å². The average Bonchev–Trinajstić information content (AvgIpc) is 3.42. The number of thioether (sulfide) groups is 1. The summed E-state index contributed by atoms with van der Waals surface area (Å²) in [5.74, 6) is -0.103. The third kappa shape index (κ3) is 6.94. The smallest absolute Gasteiger partial charge is 0.341 e. The molecule has 7 nitrogen and oxygen atoms in total. The van der Waals surface area contributed by atoms with Gasteiger partial charge in [0.25, 0.3) is 0 Å². The van der Waals surface area contributed by atoms with Crippen molar-refractivity contribution in [3.8, 4) is 0 Å². The summed E-state index contributed by atoms with van der Waals surface area (Å²) < 4.78 is 33.0. The molecule has 0 atom stereocenters. The number of benzene rings is 5. The Kier molecular flexibility index (Phi) is 9.82. The summed E-state index contributed by atoms with van der Waals surface area (Å²) in [6.45, 7) is 4.63. The van der Waals surface area contributed by atoms with Crippen molar-refractivity contribution in [3.63, 3.8) is 0 Å². The van der Waals surface area contributed by atoms with Gasteiger partial charge in [-0.25, -0.2) is 0 Å². The van der Waals surface area contributed by atoms with Gasteiger partial charge in [0.05, 0.1) is 0 Å². The summed E-state index contributed by atoms with van der Waals surface area (Å²) in [7, 11) is -4.25. The van der Waals surface area contributed by atoms with E-state index in [-0.39, 0.29) is 22.8 Å². The molecule has 6 rings (SSSR count). The number of nitrogens with zero attached hydrogens (tertiary/aromatic N) is 2. The lowest BCUT2D eigenvalue weighted by molar-refractivity contribution is 0.103. The monoisotopic (exact) mass is 694 g/mol. The van der Waals surface area contributed by atoms with Crippen LogP contribution in [0.15, 0.2) is 130 Å². The van der Waals surface area contributed by atoms with Gasteiger partial charge >= 0.3 is 10.1 Å². The number of carbonyl (C=O) groups is 2. The van der Waals surface area contributed by atoms with Crippen LogP contribution in [-0.4, -0.2) is 36.0 Å². The molecule has 0 aliphatic carbocycles. The number of rotatable bonds is 12. The highest BCUT2D eigenvalue weighted by Crippen LogP contribution is 2.32. The van der Waals surface area contributed by atoms with Gasteiger partial charge in [0.15, 0.2) is 5.78 Å². The molecule has 0 spiro atoms. The molecule has 0 N–H and O–H groups in total. The number of hydrogen-bond donors (Lipinski definition) is 0. The Morgan fingerprint density at radius 3 is 2.10 bits per heavy atom. The van der Waals surface area contributed by atoms with E-state index in [0.29, 0.717) is 34.0 Å². The van der Waals surface area contributed by atoms with Gasteiger partial charge in [0, 0.05) is 67.1 Å². The Hall–Kier alpha value is -4.70. The number of ketones is 2. The van der Waals surface area contributed by atoms with E-state index in [9.17, 15) is 18.0 Å². The third-order valence-corrected chi connectivity index (χ3v) is 10.4. The number of halogens is 1. The van der Waals surface area contributed by atoms with Crippen LogP contribution in [0.1, 0.15) is 45.2 Å². The second-order valence-electron chi connectivity index (χ2n) is 11.1. The summed E-state index contributed by atoms with van der Waals surface area (Å²) in [4.78, 5) is 28.4. The molecule has 242 valence electrons. The SMILES string of the molecule is CCn1c2ccc(C(=O)C(CCSc3ccc(Cl)cc3)=NOS(=O)(=O)c3ccccc3)cc2c2cc(C(=O)c3ccccc3C)ccc21. The number of Topliss-reactive ketones (excluding diaryl/α,β-unsaturated/α-hetero) is 1. The van der Waals surface area contributed by atoms with Gasteiger partial charge in [-0.15, -0.1) is 11.8 Å². The van der Waals surface area contributed by atoms with E-state index < -0.39 is 15.9 Å². The highest BCUT2D eigenvalue weighted by atomic mass is 35.5. The van der Waals surface area contributed by atoms with Gasteiger partial charge in [-0.3, -0.25) is 13.9 Å². The largest absolute Gasteiger partial charge is 0.358 e. The van der Waals surface area contributed by atoms with Crippen LogP contribution < -0.4 is 0 Å². The molecule has 1 aromatic heterocycles. The molecule has 0 saturated carbocycles. The second-order valence-corrected chi connectivity index (χ2v) is 14.2. The zero-order chi connectivity index (χ0) is 33.8. The molecule has 0 aliphatic heterocycles. The van der Waals surface area contributed by atoms with E-state index >= 15 is 0 Å². The van der Waals surface area contributed by atoms with Crippen LogP contribution in [0.3, 0.4) is 0 Å². The van der Waals surface area contributed by atoms with Crippen molar-refractivity contribution in [1.82, 2.24) is 4.57 Å². The first-order valence-electron chi connectivity index (χ1n) is 15.3. The molecule has 1 heterocycles. The third-order valence-electron chi connectivity index (χ3n) is 8.06. The fraction of sp³-hybridized carbons (Fsp3) is 0.132. The molecule has 0 fully saturated rings. The highest BCUT2D eigenvalue weighted by Gasteiger charge is 2.22. The van der Waals surface area contributed by atoms with E-state index in [2.05, 4.69) is 9.72 Å². The Labute approximate surface area is 288 Å². The fourth-order valence-corrected chi connectivity index (χ4v) is 7.35. The minimum Gasteiger partial charge on any atom is -0.341 e. The number of aromatic nitrogens is 1. The molecule has 0 bridgehead atoms. The number of fused-ring (bicyclic) bond motifs is 3. The highest BCUT2D eigenvalue weighted by molar-refractivity contribution is 7.99. The van der Waals surface area contributed by atoms with Crippen LogP contribution in [0, 0.1) is 6.92 Å². The number of aryl methyl sites for hydroxylation is 2. The molecule has 5 aromatic carbocycles. The molecule has 10 heteroatoms. The Morgan fingerprint density at radius 2 is 1.44 bits per heavy atom. The first-order valence-corrected chi connectivity index (χ1v) is 18.1. The lowest BCUT2D eigenvalue weighted by Crippen LogP contribution is -2.17. The molecule has 0 aliphatic rings. The standard InChI is InChI=1S/C38H31ClN2O5S2/c1-3-41-35-19-13-26(37(42)31-12-8-7-9-25(31)2)23-32(35)33-24-27(14-20-36(33)41)38(43)34(21-22-47-29-17-15-28(39)16-18-29)40-46-48(44,45)30-10-5-4-6-11-30/h4-20,23-24H,3,21-22H2,1-2H3. The van der Waals surface area contributed by atoms with Crippen LogP contribution in [0.5, 0.6) is 0 Å². The molecule has 0 saturated heterocycles. The van der Waals surface area contributed by atoms with Gasteiger partial charge in [-0.05, 0) is 92.2 Å². The lowest BCUT2D eigenvalue weighted by Gasteiger charge is -2.08. The molecular weight excluding hydrogens is 664 g/mol. The van der Waals surface area contributed by atoms with Gasteiger partial charge in [-0.2, -0.15) is 8.42 Å². The molecule has 48 heavy (non-hydrogen) atoms. The Morgan fingerprint density at radius 1 is 0.812 bits per heavy atom. The predicted octanol–water partition coefficient (Wildman–Crippen LogP) is 9.13. The van der Waals surface area contributed by atoms with Crippen LogP contribution in [0.25, 0.3) is 21.8 Å². The van der Waals surface area contributed by atoms with Gasteiger partial charge < -0.3 is 4.57 Å². The van der Waals surface area contributed by atoms with Crippen molar-refractivity contribution in [2.24, 2.45) is 5.16 Å². The zero-order valence-electron chi connectivity index (χ0n) is 26.2. The first-order chi connectivity index (χ1) is 23.2. The Bertz CT molecular complexity index is 2300. The maximum atomic E-state index is 14.0. The van der Waals surface area contributed by atoms with Crippen LogP contribution >= 0.6 is 23.4 Å². The summed E-state index contributed by atoms with van der Waals surface area (Å²) in [6, 6.07) is 33.5. The van der Waals surface area contributed by atoms with Crippen molar-refractivity contribution in [2.75, 3.05) is 5.75 Å². The Balaban J connectivity index is 1.37. The number of hydrogen-bond acceptors (Lipinski definition) is 7. The molecule has 0 unspecified atom stereocenters. The summed E-state index contributed by atoms with van der Waals surface area (Å²) in [5, 5.41) is 6.17. The van der Waals surface area contributed by atoms with Gasteiger partial charge in [0.2, 0.25) is 5.78 Å². The van der Waals surface area contributed by atoms with Gasteiger partial charge in [0.1, 0.15) is 10.6 Å². The lowest BCUT2D eigenvalue weighted by atomic mass is 9.97. The van der Waals surface area contributed by atoms with E-state index in [1.165, 1.54) is 23.9 Å². The van der Waals surface area contributed by atoms with Crippen LogP contribution in [-0.2, 0) is 20.9 Å². The normalized spacial score (nSPS) is 12.0. The second kappa shape index (κ2) is 14.2. The maximum absolute atomic E-state index is 14.0. The topological polar surface area (TPSA) is 94.8 Å².